The van der Waals surface area contributed by atoms with Crippen molar-refractivity contribution >= 4 is 5.76 Å². The molecule has 0 aromatic heterocycles. The van der Waals surface area contributed by atoms with E-state index in [9.17, 15) is 71.5 Å². The minimum Gasteiger partial charge on any atom is -0.571 e. The van der Waals surface area contributed by atoms with Gasteiger partial charge in [-0.15, -0.1) is 0 Å². The Hall–Kier alpha value is -3.62. The topological polar surface area (TPSA) is 351 Å². The molecule has 4 heterocycles. The van der Waals surface area contributed by atoms with Crippen molar-refractivity contribution in [3.63, 3.8) is 0 Å². The lowest BCUT2D eigenvalue weighted by atomic mass is 9.96. The number of aliphatic hydroxyl groups excluding tert-OH is 12. The average molecular weight is 776 g/mol. The highest BCUT2D eigenvalue weighted by atomic mass is 16.7. The predicted octanol–water partition coefficient (Wildman–Crippen LogP) is -5.60. The Morgan fingerprint density at radius 1 is 0.593 bits per heavy atom. The molecule has 0 radical (unpaired) electrons. The molecule has 6 rings (SSSR count). The maximum absolute atomic E-state index is 11.0. The monoisotopic (exact) mass is 775 g/mol. The van der Waals surface area contributed by atoms with Crippen LogP contribution in [0.4, 0.5) is 0 Å². The van der Waals surface area contributed by atoms with E-state index in [1.165, 1.54) is 18.2 Å². The van der Waals surface area contributed by atoms with E-state index >= 15 is 0 Å². The van der Waals surface area contributed by atoms with Crippen molar-refractivity contribution in [2.24, 2.45) is 0 Å². The molecule has 3 fully saturated rings. The highest BCUT2D eigenvalue weighted by Gasteiger charge is 2.50. The number of aliphatic hydroxyl groups is 14. The first-order valence-corrected chi connectivity index (χ1v) is 16.7. The number of fused-ring (bicyclic) bond motifs is 1. The second kappa shape index (κ2) is 16.2. The van der Waals surface area contributed by atoms with Gasteiger partial charge in [0.2, 0.25) is 24.4 Å². The van der Waals surface area contributed by atoms with Gasteiger partial charge >= 0.3 is 5.76 Å². The van der Waals surface area contributed by atoms with Crippen molar-refractivity contribution in [2.75, 3.05) is 19.8 Å². The number of aromatic hydroxyl groups is 2. The largest absolute Gasteiger partial charge is 0.571 e. The van der Waals surface area contributed by atoms with Gasteiger partial charge in [0.25, 0.3) is 0 Å². The summed E-state index contributed by atoms with van der Waals surface area (Å²) in [5.74, 6) is -1.92. The first-order valence-electron chi connectivity index (χ1n) is 16.7. The van der Waals surface area contributed by atoms with Gasteiger partial charge in [0, 0.05) is 18.2 Å². The van der Waals surface area contributed by atoms with E-state index in [0.29, 0.717) is 0 Å². The number of phenolic OH excluding ortho intramolecular Hbond substituents is 2. The van der Waals surface area contributed by atoms with Gasteiger partial charge < -0.3 is 105 Å². The molecular formula is C33H43O21+. The molecule has 21 heteroatoms. The summed E-state index contributed by atoms with van der Waals surface area (Å²) in [5, 5.41) is 144. The minimum atomic E-state index is -1.95. The Morgan fingerprint density at radius 2 is 1.13 bits per heavy atom. The zero-order valence-corrected chi connectivity index (χ0v) is 28.0. The minimum absolute atomic E-state index is 0.0669. The standard InChI is InChI=1S/C33H42O21/c34-7-18-21(39)24(42)27(45)31(52-18)48-9-20-23(41)26(44)29(47)33(54-20)51-17-6-12-15(49-30(17)10-1-2-13(37)14(38)3-10)4-11(36)5-16(12)50-32-28(46)25(43)22(40)19(8-35)53-32/h1-6,15,18-29,31-47H,7-9H2/p+1/t15?,18-,19-,20-,21-,22-,23-,24+,25+,26+,27-,28-,29-,31-,32-,33-/m1/s1. The van der Waals surface area contributed by atoms with E-state index in [1.807, 2.05) is 0 Å². The zero-order chi connectivity index (χ0) is 39.2. The Labute approximate surface area is 304 Å². The molecule has 1 aromatic rings. The number of allylic oxidation sites excluding steroid dienone is 2. The summed E-state index contributed by atoms with van der Waals surface area (Å²) in [6, 6.07) is 3.61. The van der Waals surface area contributed by atoms with Crippen LogP contribution in [0.15, 0.2) is 59.3 Å². The predicted molar refractivity (Wildman–Crippen MR) is 172 cm³/mol. The van der Waals surface area contributed by atoms with Gasteiger partial charge in [-0.2, -0.15) is 0 Å². The lowest BCUT2D eigenvalue weighted by Crippen LogP contribution is -2.61. The van der Waals surface area contributed by atoms with Crippen molar-refractivity contribution in [3.8, 4) is 11.5 Å². The molecule has 1 aromatic carbocycles. The molecule has 5 aliphatic rings. The first-order chi connectivity index (χ1) is 25.6. The number of ether oxygens (including phenoxy) is 7. The van der Waals surface area contributed by atoms with E-state index < -0.39 is 130 Å². The second-order valence-corrected chi connectivity index (χ2v) is 13.2. The Kier molecular flexibility index (Phi) is 12.0. The van der Waals surface area contributed by atoms with E-state index in [4.69, 9.17) is 28.4 Å². The van der Waals surface area contributed by atoms with Crippen LogP contribution in [0.3, 0.4) is 0 Å². The molecule has 0 spiro atoms. The van der Waals surface area contributed by atoms with Crippen LogP contribution in [0.5, 0.6) is 11.5 Å². The molecule has 21 nitrogen and oxygen atoms in total. The summed E-state index contributed by atoms with van der Waals surface area (Å²) in [4.78, 5) is 0. The lowest BCUT2D eigenvalue weighted by molar-refractivity contribution is -0.327. The molecule has 1 aliphatic carbocycles. The Morgan fingerprint density at radius 3 is 1.72 bits per heavy atom. The van der Waals surface area contributed by atoms with Crippen molar-refractivity contribution in [3.05, 3.63) is 64.8 Å². The third kappa shape index (κ3) is 7.75. The molecule has 0 saturated carbocycles. The molecule has 15 N–H and O–H groups in total. The van der Waals surface area contributed by atoms with E-state index in [1.54, 1.807) is 0 Å². The SMILES string of the molecule is OC[C@H]1O[C@@H](OC[C@H]2O[C@@H](OC3=C(c4ccc(O)c(O)c4)[OH+]C4C=C(O)C=C(O[C@@H]5O[C@H](CO)[C@@H](O)[C@H](O)[C@H]5O)C4=C3)[C@H](O)[C@@H](O)[C@@H]2O)[C@H](O)[C@@H](O)[C@@H]1O. The quantitative estimate of drug-likeness (QED) is 0.0778. The summed E-state index contributed by atoms with van der Waals surface area (Å²) in [6.45, 7) is -2.16. The molecule has 3 saturated heterocycles. The maximum Gasteiger partial charge on any atom is 0.305 e. The highest BCUT2D eigenvalue weighted by molar-refractivity contribution is 5.69. The fourth-order valence-electron chi connectivity index (χ4n) is 6.38. The van der Waals surface area contributed by atoms with Crippen molar-refractivity contribution in [2.45, 2.75) is 98.2 Å². The number of benzene rings is 1. The fourth-order valence-corrected chi connectivity index (χ4v) is 6.38. The first kappa shape index (κ1) is 40.1. The molecule has 54 heavy (non-hydrogen) atoms. The van der Waals surface area contributed by atoms with Crippen LogP contribution < -0.4 is 0 Å². The molecule has 1 unspecified atom stereocenters. The Bertz CT molecular complexity index is 1620. The van der Waals surface area contributed by atoms with Crippen LogP contribution in [0.2, 0.25) is 0 Å². The molecular weight excluding hydrogens is 732 g/mol. The van der Waals surface area contributed by atoms with Crippen molar-refractivity contribution < 1.29 is 105 Å². The number of rotatable bonds is 10. The van der Waals surface area contributed by atoms with Crippen LogP contribution in [-0.4, -0.2) is 194 Å². The average Bonchev–Trinajstić information content (AvgIpc) is 3.15. The van der Waals surface area contributed by atoms with Crippen LogP contribution in [-0.2, 0) is 28.4 Å². The Balaban J connectivity index is 1.29. The third-order valence-electron chi connectivity index (χ3n) is 9.52. The van der Waals surface area contributed by atoms with Gasteiger partial charge in [0.05, 0.1) is 37.0 Å². The van der Waals surface area contributed by atoms with Gasteiger partial charge in [-0.3, -0.25) is 0 Å². The van der Waals surface area contributed by atoms with Gasteiger partial charge in [0.15, 0.2) is 17.8 Å². The van der Waals surface area contributed by atoms with E-state index in [0.717, 1.165) is 18.2 Å². The molecule has 4 aliphatic heterocycles. The van der Waals surface area contributed by atoms with Gasteiger partial charge in [-0.1, -0.05) is 0 Å². The summed E-state index contributed by atoms with van der Waals surface area (Å²) >= 11 is 0. The molecule has 0 amide bonds. The van der Waals surface area contributed by atoms with E-state index in [-0.39, 0.29) is 34.2 Å². The lowest BCUT2D eigenvalue weighted by Gasteiger charge is -2.43. The molecule has 16 atom stereocenters. The van der Waals surface area contributed by atoms with Crippen LogP contribution in [0, 0.1) is 0 Å². The van der Waals surface area contributed by atoms with Crippen molar-refractivity contribution in [1.29, 1.82) is 0 Å². The normalized spacial score (nSPS) is 41.2. The zero-order valence-electron chi connectivity index (χ0n) is 28.0. The van der Waals surface area contributed by atoms with Crippen LogP contribution >= 0.6 is 0 Å². The van der Waals surface area contributed by atoms with Crippen LogP contribution in [0.1, 0.15) is 5.56 Å². The van der Waals surface area contributed by atoms with Gasteiger partial charge in [-0.05, 0) is 12.1 Å². The summed E-state index contributed by atoms with van der Waals surface area (Å²) in [7, 11) is 0. The summed E-state index contributed by atoms with van der Waals surface area (Å²) < 4.78 is 38.5. The van der Waals surface area contributed by atoms with Crippen molar-refractivity contribution in [1.82, 2.24) is 0 Å². The van der Waals surface area contributed by atoms with Gasteiger partial charge in [0.1, 0.15) is 84.8 Å². The number of hydrogen-bond donors (Lipinski definition) is 14. The number of phenols is 2. The summed E-state index contributed by atoms with van der Waals surface area (Å²) in [6.07, 6.45) is -23.0. The third-order valence-corrected chi connectivity index (χ3v) is 9.52. The maximum atomic E-state index is 11.0. The summed E-state index contributed by atoms with van der Waals surface area (Å²) in [5.41, 5.74) is 0.239. The van der Waals surface area contributed by atoms with E-state index in [2.05, 4.69) is 4.74 Å². The second-order valence-electron chi connectivity index (χ2n) is 13.2. The molecule has 0 bridgehead atoms. The highest BCUT2D eigenvalue weighted by Crippen LogP contribution is 2.40. The smallest absolute Gasteiger partial charge is 0.305 e. The van der Waals surface area contributed by atoms with Gasteiger partial charge in [-0.25, -0.2) is 0 Å². The number of hydrogen-bond acceptors (Lipinski definition) is 20. The fraction of sp³-hybridized carbons (Fsp3) is 0.576. The van der Waals surface area contributed by atoms with Crippen LogP contribution in [0.25, 0.3) is 5.76 Å². The molecule has 300 valence electrons.